The van der Waals surface area contributed by atoms with Crippen molar-refractivity contribution in [2.24, 2.45) is 0 Å². The van der Waals surface area contributed by atoms with Gasteiger partial charge in [0, 0.05) is 13.0 Å². The first kappa shape index (κ1) is 23.7. The second-order valence-electron chi connectivity index (χ2n) is 7.14. The summed E-state index contributed by atoms with van der Waals surface area (Å²) in [7, 11) is 1.82. The molecule has 0 aliphatic rings. The molecule has 7 heteroatoms. The summed E-state index contributed by atoms with van der Waals surface area (Å²) in [6.07, 6.45) is -2.38. The number of hydrogen-bond donors (Lipinski definition) is 0. The molecule has 2 rings (SSSR count). The average Bonchev–Trinajstić information content (AvgIpc) is 2.71. The van der Waals surface area contributed by atoms with E-state index in [-0.39, 0.29) is 18.6 Å². The molecule has 30 heavy (non-hydrogen) atoms. The van der Waals surface area contributed by atoms with E-state index in [2.05, 4.69) is 0 Å². The Kier molecular flexibility index (Phi) is 9.17. The van der Waals surface area contributed by atoms with Gasteiger partial charge in [0.15, 0.2) is 0 Å². The molecule has 0 N–H and O–H groups in total. The van der Waals surface area contributed by atoms with Crippen molar-refractivity contribution in [2.45, 2.75) is 38.5 Å². The third kappa shape index (κ3) is 8.06. The molecule has 2 aromatic rings. The van der Waals surface area contributed by atoms with E-state index in [1.54, 1.807) is 0 Å². The van der Waals surface area contributed by atoms with Gasteiger partial charge in [0.25, 0.3) is 0 Å². The summed E-state index contributed by atoms with van der Waals surface area (Å²) in [5, 5.41) is 0. The van der Waals surface area contributed by atoms with Crippen LogP contribution in [0.1, 0.15) is 43.4 Å². The third-order valence-corrected chi connectivity index (χ3v) is 4.56. The molecule has 1 unspecified atom stereocenters. The van der Waals surface area contributed by atoms with Gasteiger partial charge in [-0.3, -0.25) is 9.69 Å². The number of carbonyl (C=O) groups excluding carboxylic acids is 1. The van der Waals surface area contributed by atoms with Crippen LogP contribution in [0.5, 0.6) is 5.75 Å². The van der Waals surface area contributed by atoms with Crippen LogP contribution in [0.25, 0.3) is 0 Å². The second-order valence-corrected chi connectivity index (χ2v) is 7.14. The number of alkyl halides is 3. The molecule has 0 heterocycles. The normalized spacial score (nSPS) is 12.6. The van der Waals surface area contributed by atoms with E-state index in [0.717, 1.165) is 30.5 Å². The van der Waals surface area contributed by atoms with Crippen molar-refractivity contribution in [3.05, 3.63) is 65.7 Å². The number of esters is 1. The van der Waals surface area contributed by atoms with Gasteiger partial charge in [-0.05, 0) is 43.3 Å². The first-order chi connectivity index (χ1) is 14.3. The molecule has 0 bridgehead atoms. The van der Waals surface area contributed by atoms with Gasteiger partial charge >= 0.3 is 12.1 Å². The van der Waals surface area contributed by atoms with Crippen molar-refractivity contribution < 1.29 is 27.4 Å². The zero-order valence-corrected chi connectivity index (χ0v) is 17.3. The zero-order valence-electron chi connectivity index (χ0n) is 17.3. The Morgan fingerprint density at radius 3 is 2.33 bits per heavy atom. The van der Waals surface area contributed by atoms with Crippen molar-refractivity contribution in [3.63, 3.8) is 0 Å². The van der Waals surface area contributed by atoms with E-state index in [1.807, 2.05) is 49.2 Å². The minimum absolute atomic E-state index is 0.172. The van der Waals surface area contributed by atoms with Crippen molar-refractivity contribution >= 4 is 5.97 Å². The van der Waals surface area contributed by atoms with Crippen molar-refractivity contribution in [1.29, 1.82) is 0 Å². The molecule has 0 spiro atoms. The Labute approximate surface area is 175 Å². The maximum atomic E-state index is 12.8. The van der Waals surface area contributed by atoms with Gasteiger partial charge in [-0.15, -0.1) is 0 Å². The number of hydrogen-bond acceptors (Lipinski definition) is 4. The van der Waals surface area contributed by atoms with Crippen molar-refractivity contribution in [1.82, 2.24) is 4.90 Å². The van der Waals surface area contributed by atoms with Crippen LogP contribution in [0.15, 0.2) is 54.6 Å². The lowest BCUT2D eigenvalue weighted by Gasteiger charge is -2.23. The molecule has 4 nitrogen and oxygen atoms in total. The van der Waals surface area contributed by atoms with Gasteiger partial charge in [0.05, 0.1) is 18.7 Å². The average molecular weight is 423 g/mol. The van der Waals surface area contributed by atoms with Crippen LogP contribution in [-0.2, 0) is 15.7 Å². The summed E-state index contributed by atoms with van der Waals surface area (Å²) in [5.41, 5.74) is 0.198. The molecule has 0 aliphatic heterocycles. The predicted molar refractivity (Wildman–Crippen MR) is 109 cm³/mol. The summed E-state index contributed by atoms with van der Waals surface area (Å²) < 4.78 is 49.5. The zero-order chi connectivity index (χ0) is 22.0. The van der Waals surface area contributed by atoms with Crippen LogP contribution in [-0.4, -0.2) is 37.6 Å². The molecule has 2 aromatic carbocycles. The maximum Gasteiger partial charge on any atom is 0.416 e. The number of ether oxygens (including phenoxy) is 2. The highest BCUT2D eigenvalue weighted by Crippen LogP contribution is 2.32. The lowest BCUT2D eigenvalue weighted by Crippen LogP contribution is -2.30. The van der Waals surface area contributed by atoms with Gasteiger partial charge in [-0.25, -0.2) is 0 Å². The minimum Gasteiger partial charge on any atom is -0.486 e. The first-order valence-electron chi connectivity index (χ1n) is 10.0. The van der Waals surface area contributed by atoms with Crippen LogP contribution < -0.4 is 4.74 Å². The number of unbranched alkanes of at least 4 members (excludes halogenated alkanes) is 1. The highest BCUT2D eigenvalue weighted by Gasteiger charge is 2.30. The molecule has 164 valence electrons. The summed E-state index contributed by atoms with van der Waals surface area (Å²) in [5.74, 6) is 0.0874. The standard InChI is InChI=1S/C23H28F3NO3/c1-3-4-16-29-22(28)17-27(2)15-14-21(18-8-6-5-7-9-18)30-20-12-10-19(11-13-20)23(24,25)26/h5-13,21H,3-4,14-17H2,1-2H3. The smallest absolute Gasteiger partial charge is 0.416 e. The number of halogens is 3. The van der Waals surface area contributed by atoms with E-state index in [1.165, 1.54) is 12.1 Å². The van der Waals surface area contributed by atoms with Gasteiger partial charge in [0.1, 0.15) is 11.9 Å². The molecular weight excluding hydrogens is 395 g/mol. The number of benzene rings is 2. The van der Waals surface area contributed by atoms with Crippen LogP contribution in [0.2, 0.25) is 0 Å². The SMILES string of the molecule is CCCCOC(=O)CN(C)CCC(Oc1ccc(C(F)(F)F)cc1)c1ccccc1. The number of rotatable bonds is 11. The summed E-state index contributed by atoms with van der Waals surface area (Å²) in [6, 6.07) is 14.1. The molecule has 0 radical (unpaired) electrons. The van der Waals surface area contributed by atoms with E-state index < -0.39 is 11.7 Å². The highest BCUT2D eigenvalue weighted by atomic mass is 19.4. The number of likely N-dealkylation sites (N-methyl/N-ethyl adjacent to an activating group) is 1. The van der Waals surface area contributed by atoms with Gasteiger partial charge < -0.3 is 9.47 Å². The van der Waals surface area contributed by atoms with Crippen molar-refractivity contribution in [3.8, 4) is 5.75 Å². The Hall–Kier alpha value is -2.54. The molecule has 0 aromatic heterocycles. The second kappa shape index (κ2) is 11.6. The minimum atomic E-state index is -4.38. The molecule has 0 saturated heterocycles. The van der Waals surface area contributed by atoms with Crippen LogP contribution in [0.4, 0.5) is 13.2 Å². The number of nitrogens with zero attached hydrogens (tertiary/aromatic N) is 1. The van der Waals surface area contributed by atoms with E-state index >= 15 is 0 Å². The number of carbonyl (C=O) groups is 1. The molecule has 1 atom stereocenters. The highest BCUT2D eigenvalue weighted by molar-refractivity contribution is 5.71. The summed E-state index contributed by atoms with van der Waals surface area (Å²) in [6.45, 7) is 3.18. The Balaban J connectivity index is 1.98. The monoisotopic (exact) mass is 423 g/mol. The Morgan fingerprint density at radius 2 is 1.73 bits per heavy atom. The van der Waals surface area contributed by atoms with Gasteiger partial charge in [-0.2, -0.15) is 13.2 Å². The van der Waals surface area contributed by atoms with E-state index in [4.69, 9.17) is 9.47 Å². The van der Waals surface area contributed by atoms with E-state index in [9.17, 15) is 18.0 Å². The third-order valence-electron chi connectivity index (χ3n) is 4.56. The fourth-order valence-corrected chi connectivity index (χ4v) is 2.86. The predicted octanol–water partition coefficient (Wildman–Crippen LogP) is 5.49. The van der Waals surface area contributed by atoms with Crippen LogP contribution in [0, 0.1) is 0 Å². The van der Waals surface area contributed by atoms with Crippen molar-refractivity contribution in [2.75, 3.05) is 26.7 Å². The fourth-order valence-electron chi connectivity index (χ4n) is 2.86. The van der Waals surface area contributed by atoms with E-state index in [0.29, 0.717) is 25.3 Å². The Morgan fingerprint density at radius 1 is 1.07 bits per heavy atom. The summed E-state index contributed by atoms with van der Waals surface area (Å²) >= 11 is 0. The largest absolute Gasteiger partial charge is 0.486 e. The molecule has 0 saturated carbocycles. The lowest BCUT2D eigenvalue weighted by molar-refractivity contribution is -0.144. The molecule has 0 amide bonds. The maximum absolute atomic E-state index is 12.8. The van der Waals surface area contributed by atoms with Gasteiger partial charge in [0.2, 0.25) is 0 Å². The lowest BCUT2D eigenvalue weighted by atomic mass is 10.1. The summed E-state index contributed by atoms with van der Waals surface area (Å²) in [4.78, 5) is 13.7. The molecular formula is C23H28F3NO3. The van der Waals surface area contributed by atoms with Gasteiger partial charge in [-0.1, -0.05) is 43.7 Å². The molecule has 0 fully saturated rings. The van der Waals surface area contributed by atoms with Crippen LogP contribution in [0.3, 0.4) is 0 Å². The first-order valence-corrected chi connectivity index (χ1v) is 10.0. The topological polar surface area (TPSA) is 38.8 Å². The fraction of sp³-hybridized carbons (Fsp3) is 0.435. The quantitative estimate of drug-likeness (QED) is 0.354. The molecule has 0 aliphatic carbocycles. The Bertz CT molecular complexity index is 764. The van der Waals surface area contributed by atoms with Crippen LogP contribution >= 0.6 is 0 Å².